The highest BCUT2D eigenvalue weighted by Gasteiger charge is 2.80. The molecule has 3 aliphatic carbocycles. The summed E-state index contributed by atoms with van der Waals surface area (Å²) in [4.78, 5) is 15.9. The maximum Gasteiger partial charge on any atom is 0.232 e. The van der Waals surface area contributed by atoms with Gasteiger partial charge in [-0.25, -0.2) is 0 Å². The van der Waals surface area contributed by atoms with Crippen LogP contribution in [0.15, 0.2) is 64.4 Å². The molecule has 3 unspecified atom stereocenters. The maximum absolute atomic E-state index is 13.4. The molecule has 3 saturated carbocycles. The molecular weight excluding hydrogens is 406 g/mol. The third kappa shape index (κ3) is 2.27. The van der Waals surface area contributed by atoms with Crippen LogP contribution in [0.4, 0.5) is 5.69 Å². The molecule has 136 valence electrons. The number of carbonyl (C=O) groups excluding carboxylic acids is 1. The van der Waals surface area contributed by atoms with Gasteiger partial charge >= 0.3 is 0 Å². The number of fused-ring (bicyclic) bond motifs is 1. The molecule has 0 aliphatic heterocycles. The summed E-state index contributed by atoms with van der Waals surface area (Å²) in [5.74, 6) is 0.153. The summed E-state index contributed by atoms with van der Waals surface area (Å²) >= 11 is 5.55. The van der Waals surface area contributed by atoms with Gasteiger partial charge in [0, 0.05) is 14.6 Å². The van der Waals surface area contributed by atoms with E-state index < -0.39 is 0 Å². The second-order valence-corrected chi connectivity index (χ2v) is 10.3. The molecule has 1 N–H and O–H groups in total. The van der Waals surface area contributed by atoms with Crippen molar-refractivity contribution in [1.82, 2.24) is 0 Å². The Bertz CT molecular complexity index is 852. The van der Waals surface area contributed by atoms with Gasteiger partial charge in [0.1, 0.15) is 0 Å². The Hall–Kier alpha value is -1.26. The van der Waals surface area contributed by atoms with Crippen molar-refractivity contribution in [2.45, 2.75) is 48.2 Å². The number of rotatable bonds is 4. The van der Waals surface area contributed by atoms with E-state index >= 15 is 0 Å². The number of hydrogen-bond donors (Lipinski definition) is 1. The SMILES string of the molecule is CC12CCC(C(=O)Nc3ccccc3Sc3ccccc3)(C1Br)C2(C)C. The molecule has 0 heterocycles. The zero-order valence-corrected chi connectivity index (χ0v) is 17.8. The molecule has 4 heteroatoms. The number of amides is 1. The first kappa shape index (κ1) is 18.1. The smallest absolute Gasteiger partial charge is 0.232 e. The summed E-state index contributed by atoms with van der Waals surface area (Å²) in [7, 11) is 0. The number of halogens is 1. The third-order valence-electron chi connectivity index (χ3n) is 7.09. The zero-order valence-electron chi connectivity index (χ0n) is 15.4. The molecule has 2 nitrogen and oxygen atoms in total. The average Bonchev–Trinajstić information content (AvgIpc) is 3.04. The Kier molecular flexibility index (Phi) is 4.27. The van der Waals surface area contributed by atoms with Crippen molar-refractivity contribution < 1.29 is 4.79 Å². The standard InChI is InChI=1S/C22H24BrNOS/c1-20(2)21(3)13-14-22(20,18(21)23)19(25)24-16-11-7-8-12-17(16)26-15-9-5-4-6-10-15/h4-12,18H,13-14H2,1-3H3,(H,24,25). The fourth-order valence-corrected chi connectivity index (χ4v) is 7.70. The van der Waals surface area contributed by atoms with Crippen molar-refractivity contribution >= 4 is 39.3 Å². The average molecular weight is 430 g/mol. The number of alkyl halides is 1. The minimum absolute atomic E-state index is 0.000232. The summed E-state index contributed by atoms with van der Waals surface area (Å²) in [6.07, 6.45) is 2.05. The zero-order chi connectivity index (χ0) is 18.6. The summed E-state index contributed by atoms with van der Waals surface area (Å²) in [6.45, 7) is 6.81. The summed E-state index contributed by atoms with van der Waals surface area (Å²) in [5.41, 5.74) is 0.769. The Morgan fingerprint density at radius 3 is 2.31 bits per heavy atom. The van der Waals surface area contributed by atoms with Crippen LogP contribution in [0.5, 0.6) is 0 Å². The van der Waals surface area contributed by atoms with Crippen LogP contribution in [0.3, 0.4) is 0 Å². The van der Waals surface area contributed by atoms with Crippen molar-refractivity contribution in [1.29, 1.82) is 0 Å². The molecule has 3 fully saturated rings. The van der Waals surface area contributed by atoms with E-state index in [9.17, 15) is 4.79 Å². The number of para-hydroxylation sites is 1. The first-order valence-electron chi connectivity index (χ1n) is 9.10. The second-order valence-electron chi connectivity index (χ2n) is 8.24. The fourth-order valence-electron chi connectivity index (χ4n) is 4.97. The van der Waals surface area contributed by atoms with Crippen molar-refractivity contribution in [3.63, 3.8) is 0 Å². The summed E-state index contributed by atoms with van der Waals surface area (Å²) in [5, 5.41) is 3.26. The Balaban J connectivity index is 1.60. The van der Waals surface area contributed by atoms with Gasteiger partial charge in [-0.15, -0.1) is 0 Å². The lowest BCUT2D eigenvalue weighted by molar-refractivity contribution is -0.156. The quantitative estimate of drug-likeness (QED) is 0.572. The molecule has 1 amide bonds. The molecule has 0 spiro atoms. The topological polar surface area (TPSA) is 29.1 Å². The van der Waals surface area contributed by atoms with Crippen LogP contribution >= 0.6 is 27.7 Å². The molecule has 2 bridgehead atoms. The van der Waals surface area contributed by atoms with Gasteiger partial charge in [-0.05, 0) is 47.9 Å². The van der Waals surface area contributed by atoms with Crippen molar-refractivity contribution in [2.75, 3.05) is 5.32 Å². The van der Waals surface area contributed by atoms with Crippen molar-refractivity contribution in [2.24, 2.45) is 16.2 Å². The van der Waals surface area contributed by atoms with E-state index in [4.69, 9.17) is 0 Å². The highest BCUT2D eigenvalue weighted by molar-refractivity contribution is 9.09. The predicted octanol–water partition coefficient (Wildman–Crippen LogP) is 6.37. The van der Waals surface area contributed by atoms with Gasteiger partial charge in [-0.3, -0.25) is 4.79 Å². The highest BCUT2D eigenvalue weighted by Crippen LogP contribution is 2.79. The minimum atomic E-state index is -0.327. The van der Waals surface area contributed by atoms with E-state index in [1.165, 1.54) is 4.90 Å². The van der Waals surface area contributed by atoms with Gasteiger partial charge in [0.25, 0.3) is 0 Å². The van der Waals surface area contributed by atoms with E-state index in [0.717, 1.165) is 23.4 Å². The Morgan fingerprint density at radius 2 is 1.69 bits per heavy atom. The number of anilines is 1. The van der Waals surface area contributed by atoms with Gasteiger partial charge < -0.3 is 5.32 Å². The molecule has 2 aromatic rings. The van der Waals surface area contributed by atoms with Crippen LogP contribution in [0.1, 0.15) is 33.6 Å². The van der Waals surface area contributed by atoms with Gasteiger partial charge in [0.05, 0.1) is 11.1 Å². The van der Waals surface area contributed by atoms with Crippen LogP contribution in [0.25, 0.3) is 0 Å². The lowest BCUT2D eigenvalue weighted by Gasteiger charge is -2.64. The fraction of sp³-hybridized carbons (Fsp3) is 0.409. The number of benzene rings is 2. The lowest BCUT2D eigenvalue weighted by Crippen LogP contribution is -2.68. The van der Waals surface area contributed by atoms with Crippen molar-refractivity contribution in [3.05, 3.63) is 54.6 Å². The second kappa shape index (κ2) is 6.13. The van der Waals surface area contributed by atoms with Crippen LogP contribution in [-0.2, 0) is 4.79 Å². The van der Waals surface area contributed by atoms with Crippen LogP contribution in [0.2, 0.25) is 0 Å². The number of carbonyl (C=O) groups is 1. The largest absolute Gasteiger partial charge is 0.325 e. The van der Waals surface area contributed by atoms with E-state index in [1.54, 1.807) is 11.8 Å². The van der Waals surface area contributed by atoms with E-state index in [2.05, 4.69) is 60.2 Å². The first-order chi connectivity index (χ1) is 12.3. The predicted molar refractivity (Wildman–Crippen MR) is 112 cm³/mol. The first-order valence-corrected chi connectivity index (χ1v) is 10.8. The third-order valence-corrected chi connectivity index (χ3v) is 9.96. The summed E-state index contributed by atoms with van der Waals surface area (Å²) in [6, 6.07) is 18.3. The summed E-state index contributed by atoms with van der Waals surface area (Å²) < 4.78 is 0. The van der Waals surface area contributed by atoms with Gasteiger partial charge in [-0.1, -0.05) is 78.8 Å². The van der Waals surface area contributed by atoms with E-state index in [0.29, 0.717) is 0 Å². The Morgan fingerprint density at radius 1 is 1.04 bits per heavy atom. The normalized spacial score (nSPS) is 31.3. The monoisotopic (exact) mass is 429 g/mol. The molecule has 3 aliphatic rings. The molecule has 26 heavy (non-hydrogen) atoms. The molecule has 2 aromatic carbocycles. The Labute approximate surface area is 168 Å². The molecule has 0 aromatic heterocycles. The van der Waals surface area contributed by atoms with Crippen molar-refractivity contribution in [3.8, 4) is 0 Å². The van der Waals surface area contributed by atoms with Crippen LogP contribution in [-0.4, -0.2) is 10.7 Å². The lowest BCUT2D eigenvalue weighted by atomic mass is 9.43. The van der Waals surface area contributed by atoms with Gasteiger partial charge in [0.2, 0.25) is 5.91 Å². The molecular formula is C22H24BrNOS. The van der Waals surface area contributed by atoms with E-state index in [-0.39, 0.29) is 27.0 Å². The number of nitrogens with one attached hydrogen (secondary N) is 1. The van der Waals surface area contributed by atoms with Gasteiger partial charge in [-0.2, -0.15) is 0 Å². The van der Waals surface area contributed by atoms with Crippen LogP contribution in [0, 0.1) is 16.2 Å². The van der Waals surface area contributed by atoms with E-state index in [1.807, 2.05) is 36.4 Å². The highest BCUT2D eigenvalue weighted by atomic mass is 79.9. The van der Waals surface area contributed by atoms with Crippen LogP contribution < -0.4 is 5.32 Å². The number of hydrogen-bond acceptors (Lipinski definition) is 2. The molecule has 3 atom stereocenters. The molecule has 0 saturated heterocycles. The minimum Gasteiger partial charge on any atom is -0.325 e. The maximum atomic E-state index is 13.4. The van der Waals surface area contributed by atoms with Gasteiger partial charge in [0.15, 0.2) is 0 Å². The molecule has 5 rings (SSSR count). The molecule has 0 radical (unpaired) electrons.